The summed E-state index contributed by atoms with van der Waals surface area (Å²) in [7, 11) is 0. The van der Waals surface area contributed by atoms with Gasteiger partial charge in [-0.3, -0.25) is 4.79 Å². The van der Waals surface area contributed by atoms with Crippen molar-refractivity contribution in [2.45, 2.75) is 6.17 Å². The van der Waals surface area contributed by atoms with Gasteiger partial charge in [0.15, 0.2) is 0 Å². The third kappa shape index (κ3) is 2.42. The van der Waals surface area contributed by atoms with Crippen LogP contribution >= 0.6 is 24.0 Å². The van der Waals surface area contributed by atoms with Crippen molar-refractivity contribution in [1.82, 2.24) is 5.32 Å². The normalized spacial score (nSPS) is 18.4. The van der Waals surface area contributed by atoms with Crippen molar-refractivity contribution in [3.8, 4) is 6.07 Å². The van der Waals surface area contributed by atoms with E-state index in [1.54, 1.807) is 11.3 Å². The summed E-state index contributed by atoms with van der Waals surface area (Å²) in [5.41, 5.74) is 0.892. The number of benzene rings is 1. The second-order valence-corrected chi connectivity index (χ2v) is 5.81. The molecule has 21 heavy (non-hydrogen) atoms. The highest BCUT2D eigenvalue weighted by molar-refractivity contribution is 7.84. The number of hydrogen-bond acceptors (Lipinski definition) is 5. The summed E-state index contributed by atoms with van der Waals surface area (Å²) in [6.45, 7) is 0. The fourth-order valence-electron chi connectivity index (χ4n) is 2.21. The van der Waals surface area contributed by atoms with E-state index in [2.05, 4.69) is 17.9 Å². The largest absolute Gasteiger partial charge is 0.326 e. The molecule has 0 fully saturated rings. The fourth-order valence-corrected chi connectivity index (χ4v) is 3.36. The van der Waals surface area contributed by atoms with E-state index in [-0.39, 0.29) is 11.7 Å². The first-order chi connectivity index (χ1) is 10.2. The molecule has 3 rings (SSSR count). The molecule has 6 heteroatoms. The molecule has 1 aromatic heterocycles. The fraction of sp³-hybridized carbons (Fsp3) is 0.0667. The van der Waals surface area contributed by atoms with E-state index in [0.717, 1.165) is 10.6 Å². The summed E-state index contributed by atoms with van der Waals surface area (Å²) >= 11 is 5.96. The maximum Gasteiger partial charge on any atom is 0.266 e. The molecule has 2 aromatic rings. The quantitative estimate of drug-likeness (QED) is 0.838. The average Bonchev–Trinajstić information content (AvgIpc) is 3.02. The Balaban J connectivity index is 2.15. The number of rotatable bonds is 2. The molecule has 1 aromatic carbocycles. The molecule has 0 spiro atoms. The second kappa shape index (κ2) is 5.64. The van der Waals surface area contributed by atoms with Crippen LogP contribution in [0.5, 0.6) is 0 Å². The Morgan fingerprint density at radius 2 is 2.00 bits per heavy atom. The van der Waals surface area contributed by atoms with E-state index >= 15 is 0 Å². The molecule has 1 aliphatic heterocycles. The van der Waals surface area contributed by atoms with Gasteiger partial charge in [0.2, 0.25) is 0 Å². The van der Waals surface area contributed by atoms with Crippen LogP contribution < -0.4 is 10.2 Å². The predicted octanol–water partition coefficient (Wildman–Crippen LogP) is 3.05. The van der Waals surface area contributed by atoms with Crippen LogP contribution in [-0.4, -0.2) is 5.91 Å². The van der Waals surface area contributed by atoms with Crippen molar-refractivity contribution in [3.05, 3.63) is 63.3 Å². The maximum atomic E-state index is 12.1. The Labute approximate surface area is 131 Å². The second-order valence-electron chi connectivity index (χ2n) is 4.41. The summed E-state index contributed by atoms with van der Waals surface area (Å²) in [4.78, 5) is 14.9. The van der Waals surface area contributed by atoms with Crippen LogP contribution in [0.1, 0.15) is 11.0 Å². The lowest BCUT2D eigenvalue weighted by Crippen LogP contribution is -2.45. The summed E-state index contributed by atoms with van der Waals surface area (Å²) in [6.07, 6.45) is -0.357. The van der Waals surface area contributed by atoms with E-state index in [0.29, 0.717) is 5.03 Å². The standard InChI is InChI=1S/C15H11N3OS2/c16-9-11-14(19)17-13(12-7-4-8-21-12)18(15(11)20)10-5-2-1-3-6-10/h1-8,13,20H,(H,17,19)/t13-/m0/s1. The van der Waals surface area contributed by atoms with Crippen LogP contribution in [0, 0.1) is 11.3 Å². The lowest BCUT2D eigenvalue weighted by Gasteiger charge is -2.37. The van der Waals surface area contributed by atoms with Crippen LogP contribution in [0.2, 0.25) is 0 Å². The van der Waals surface area contributed by atoms with E-state index in [4.69, 9.17) is 0 Å². The van der Waals surface area contributed by atoms with Gasteiger partial charge in [-0.15, -0.1) is 24.0 Å². The number of nitrogens with zero attached hydrogens (tertiary/aromatic N) is 2. The van der Waals surface area contributed by atoms with Gasteiger partial charge in [-0.1, -0.05) is 24.3 Å². The van der Waals surface area contributed by atoms with Crippen molar-refractivity contribution < 1.29 is 4.79 Å². The molecule has 4 nitrogen and oxygen atoms in total. The Kier molecular flexibility index (Phi) is 3.69. The van der Waals surface area contributed by atoms with E-state index in [1.165, 1.54) is 0 Å². The molecule has 0 saturated carbocycles. The van der Waals surface area contributed by atoms with Crippen LogP contribution in [-0.2, 0) is 4.79 Å². The Hall–Kier alpha value is -2.23. The number of nitriles is 1. The average molecular weight is 313 g/mol. The monoisotopic (exact) mass is 313 g/mol. The van der Waals surface area contributed by atoms with Gasteiger partial charge >= 0.3 is 0 Å². The third-order valence-electron chi connectivity index (χ3n) is 3.16. The predicted molar refractivity (Wildman–Crippen MR) is 85.7 cm³/mol. The van der Waals surface area contributed by atoms with Crippen LogP contribution in [0.25, 0.3) is 0 Å². The third-order valence-corrected chi connectivity index (χ3v) is 4.53. The van der Waals surface area contributed by atoms with Crippen molar-refractivity contribution in [3.63, 3.8) is 0 Å². The smallest absolute Gasteiger partial charge is 0.266 e. The Morgan fingerprint density at radius 1 is 1.24 bits per heavy atom. The molecular weight excluding hydrogens is 302 g/mol. The zero-order valence-electron chi connectivity index (χ0n) is 10.9. The van der Waals surface area contributed by atoms with Gasteiger partial charge in [-0.05, 0) is 23.6 Å². The first kappa shape index (κ1) is 13.7. The van der Waals surface area contributed by atoms with Crippen molar-refractivity contribution in [1.29, 1.82) is 5.26 Å². The van der Waals surface area contributed by atoms with Gasteiger partial charge in [0.1, 0.15) is 17.8 Å². The minimum Gasteiger partial charge on any atom is -0.326 e. The van der Waals surface area contributed by atoms with Crippen LogP contribution in [0.15, 0.2) is 58.4 Å². The SMILES string of the molecule is N#CC1=C(S)N(c2ccccc2)[C@@H](c2cccs2)NC1=O. The van der Waals surface area contributed by atoms with Crippen molar-refractivity contribution in [2.75, 3.05) is 4.90 Å². The number of para-hydroxylation sites is 1. The first-order valence-corrected chi connectivity index (χ1v) is 7.57. The van der Waals surface area contributed by atoms with Gasteiger partial charge in [-0.25, -0.2) is 0 Å². The van der Waals surface area contributed by atoms with Gasteiger partial charge in [0, 0.05) is 10.6 Å². The van der Waals surface area contributed by atoms with Gasteiger partial charge < -0.3 is 10.2 Å². The lowest BCUT2D eigenvalue weighted by molar-refractivity contribution is -0.118. The number of carbonyl (C=O) groups is 1. The number of thiol groups is 1. The molecule has 1 amide bonds. The van der Waals surface area contributed by atoms with Gasteiger partial charge in [-0.2, -0.15) is 5.26 Å². The molecule has 1 N–H and O–H groups in total. The topological polar surface area (TPSA) is 56.1 Å². The zero-order chi connectivity index (χ0) is 14.8. The number of nitrogens with one attached hydrogen (secondary N) is 1. The van der Waals surface area contributed by atoms with Crippen molar-refractivity contribution >= 4 is 35.6 Å². The highest BCUT2D eigenvalue weighted by Gasteiger charge is 2.34. The summed E-state index contributed by atoms with van der Waals surface area (Å²) in [6, 6.07) is 15.4. The first-order valence-electron chi connectivity index (χ1n) is 6.24. The number of carbonyl (C=O) groups excluding carboxylic acids is 1. The molecule has 0 aliphatic carbocycles. The molecule has 104 valence electrons. The van der Waals surface area contributed by atoms with Crippen molar-refractivity contribution in [2.24, 2.45) is 0 Å². The van der Waals surface area contributed by atoms with E-state index < -0.39 is 5.91 Å². The molecule has 0 saturated heterocycles. The maximum absolute atomic E-state index is 12.1. The molecule has 2 heterocycles. The summed E-state index contributed by atoms with van der Waals surface area (Å²) in [5.74, 6) is -0.395. The van der Waals surface area contributed by atoms with E-state index in [1.807, 2.05) is 58.8 Å². The number of hydrogen-bond donors (Lipinski definition) is 2. The highest BCUT2D eigenvalue weighted by Crippen LogP contribution is 2.36. The number of amides is 1. The molecule has 1 atom stereocenters. The minimum absolute atomic E-state index is 0.0231. The molecular formula is C15H11N3OS2. The lowest BCUT2D eigenvalue weighted by atomic mass is 10.1. The number of thiophene rings is 1. The molecule has 0 unspecified atom stereocenters. The zero-order valence-corrected chi connectivity index (χ0v) is 12.6. The minimum atomic E-state index is -0.395. The van der Waals surface area contributed by atoms with Gasteiger partial charge in [0.25, 0.3) is 5.91 Å². The molecule has 0 radical (unpaired) electrons. The summed E-state index contributed by atoms with van der Waals surface area (Å²) < 4.78 is 0. The molecule has 0 bridgehead atoms. The van der Waals surface area contributed by atoms with Crippen LogP contribution in [0.3, 0.4) is 0 Å². The summed E-state index contributed by atoms with van der Waals surface area (Å²) in [5, 5.41) is 14.4. The van der Waals surface area contributed by atoms with Crippen LogP contribution in [0.4, 0.5) is 5.69 Å². The van der Waals surface area contributed by atoms with Gasteiger partial charge in [0.05, 0.1) is 5.03 Å². The Bertz CT molecular complexity index is 732. The molecule has 1 aliphatic rings. The van der Waals surface area contributed by atoms with E-state index in [9.17, 15) is 10.1 Å². The number of anilines is 1. The highest BCUT2D eigenvalue weighted by atomic mass is 32.1. The Morgan fingerprint density at radius 3 is 2.62 bits per heavy atom.